The molecule has 2 aromatic carbocycles. The SMILES string of the molecule is CC1(Oc2ccc3[nH]nc(C4=NCNC(C5CCN(CC6CCN(CC7CCN(c8ccc9c(c8)C(=O)N(C8CCC(=O)NC8=O)C9=O)CC7)CC6)CC5)=C4)c3c2)CC1. The molecule has 6 aliphatic heterocycles. The van der Waals surface area contributed by atoms with Crippen LogP contribution in [0.4, 0.5) is 5.69 Å². The minimum atomic E-state index is -0.948. The molecule has 1 aromatic heterocycles. The zero-order chi connectivity index (χ0) is 40.3. The summed E-state index contributed by atoms with van der Waals surface area (Å²) in [6, 6.07) is 10.7. The maximum Gasteiger partial charge on any atom is 0.262 e. The average Bonchev–Trinajstić information content (AvgIpc) is 3.73. The number of hydrogen-bond acceptors (Lipinski definition) is 11. The predicted molar refractivity (Wildman–Crippen MR) is 223 cm³/mol. The smallest absolute Gasteiger partial charge is 0.262 e. The second kappa shape index (κ2) is 15.5. The topological polar surface area (TPSA) is 156 Å². The van der Waals surface area contributed by atoms with Crippen molar-refractivity contribution in [1.29, 1.82) is 0 Å². The van der Waals surface area contributed by atoms with E-state index in [0.29, 0.717) is 29.6 Å². The van der Waals surface area contributed by atoms with Gasteiger partial charge in [0.2, 0.25) is 11.8 Å². The molecule has 14 heteroatoms. The number of hydrogen-bond donors (Lipinski definition) is 3. The van der Waals surface area contributed by atoms with Gasteiger partial charge in [0, 0.05) is 55.3 Å². The summed E-state index contributed by atoms with van der Waals surface area (Å²) in [6.45, 7) is 11.5. The van der Waals surface area contributed by atoms with E-state index < -0.39 is 23.8 Å². The minimum Gasteiger partial charge on any atom is -0.488 e. The van der Waals surface area contributed by atoms with E-state index in [9.17, 15) is 19.2 Å². The van der Waals surface area contributed by atoms with Crippen LogP contribution in [-0.4, -0.2) is 125 Å². The van der Waals surface area contributed by atoms with E-state index in [4.69, 9.17) is 9.73 Å². The van der Waals surface area contributed by atoms with E-state index >= 15 is 0 Å². The molecule has 59 heavy (non-hydrogen) atoms. The zero-order valence-electron chi connectivity index (χ0n) is 34.0. The molecule has 3 N–H and O–H groups in total. The van der Waals surface area contributed by atoms with Crippen LogP contribution < -0.4 is 20.3 Å². The van der Waals surface area contributed by atoms with Crippen LogP contribution in [0.15, 0.2) is 53.2 Å². The number of anilines is 1. The summed E-state index contributed by atoms with van der Waals surface area (Å²) in [4.78, 5) is 64.1. The molecule has 14 nitrogen and oxygen atoms in total. The first kappa shape index (κ1) is 38.1. The number of nitrogens with one attached hydrogen (secondary N) is 3. The molecule has 10 rings (SSSR count). The van der Waals surface area contributed by atoms with Gasteiger partial charge in [-0.15, -0.1) is 0 Å². The van der Waals surface area contributed by atoms with Crippen molar-refractivity contribution in [2.45, 2.75) is 82.8 Å². The van der Waals surface area contributed by atoms with Crippen LogP contribution in [0.1, 0.15) is 97.5 Å². The molecule has 310 valence electrons. The van der Waals surface area contributed by atoms with Gasteiger partial charge in [0.25, 0.3) is 11.8 Å². The third-order valence-electron chi connectivity index (χ3n) is 14.1. The predicted octanol–water partition coefficient (Wildman–Crippen LogP) is 4.47. The lowest BCUT2D eigenvalue weighted by Gasteiger charge is -2.40. The Balaban J connectivity index is 0.661. The number of nitrogens with zero attached hydrogens (tertiary/aromatic N) is 6. The number of aromatic amines is 1. The Morgan fingerprint density at radius 1 is 0.797 bits per heavy atom. The highest BCUT2D eigenvalue weighted by molar-refractivity contribution is 6.23. The van der Waals surface area contributed by atoms with E-state index in [0.717, 1.165) is 116 Å². The Morgan fingerprint density at radius 2 is 1.49 bits per heavy atom. The Labute approximate surface area is 344 Å². The first-order valence-electron chi connectivity index (χ1n) is 21.9. The molecule has 1 atom stereocenters. The van der Waals surface area contributed by atoms with E-state index in [2.05, 4.69) is 60.7 Å². The standard InChI is InChI=1S/C45H55N9O5/c1-45(14-15-45)59-32-3-5-36-35(23-32)41(50-49-36)38-24-37(46-27-47-38)30-12-18-52(19-13-30)25-28-8-16-51(17-9-28)26-29-10-20-53(21-11-29)31-2-4-33-34(22-31)44(58)54(43(33)57)39-6-7-40(55)48-42(39)56/h2-5,22-24,28-30,39,46H,6-21,25-27H2,1H3,(H,49,50)(H,48,55,56). The lowest BCUT2D eigenvalue weighted by Crippen LogP contribution is -2.54. The van der Waals surface area contributed by atoms with Gasteiger partial charge in [-0.1, -0.05) is 0 Å². The fourth-order valence-corrected chi connectivity index (χ4v) is 10.2. The number of carbonyl (C=O) groups excluding carboxylic acids is 4. The molecule has 0 bridgehead atoms. The van der Waals surface area contributed by atoms with Crippen LogP contribution in [0.5, 0.6) is 5.75 Å². The summed E-state index contributed by atoms with van der Waals surface area (Å²) in [5, 5.41) is 14.8. The number of piperidine rings is 4. The van der Waals surface area contributed by atoms with Crippen LogP contribution in [0, 0.1) is 17.8 Å². The second-order valence-electron chi connectivity index (χ2n) is 18.2. The van der Waals surface area contributed by atoms with Gasteiger partial charge in [-0.05, 0) is 145 Å². The number of amides is 4. The van der Waals surface area contributed by atoms with Crippen LogP contribution in [-0.2, 0) is 9.59 Å². The number of allylic oxidation sites excluding steroid dienone is 2. The minimum absolute atomic E-state index is 0.0251. The fourth-order valence-electron chi connectivity index (χ4n) is 10.2. The molecule has 7 aliphatic rings. The van der Waals surface area contributed by atoms with Gasteiger partial charge in [-0.2, -0.15) is 5.10 Å². The monoisotopic (exact) mass is 801 g/mol. The highest BCUT2D eigenvalue weighted by Crippen LogP contribution is 2.40. The summed E-state index contributed by atoms with van der Waals surface area (Å²) in [6.07, 6.45) is 11.7. The summed E-state index contributed by atoms with van der Waals surface area (Å²) in [5.41, 5.74) is 5.72. The first-order valence-corrected chi connectivity index (χ1v) is 21.9. The Kier molecular flexibility index (Phi) is 10.0. The number of aromatic nitrogens is 2. The van der Waals surface area contributed by atoms with Gasteiger partial charge in [0.15, 0.2) is 0 Å². The number of rotatable bonds is 10. The lowest BCUT2D eigenvalue weighted by molar-refractivity contribution is -0.136. The largest absolute Gasteiger partial charge is 0.488 e. The molecule has 4 saturated heterocycles. The Hall–Kier alpha value is -5.08. The number of likely N-dealkylation sites (tertiary alicyclic amines) is 2. The normalized spacial score (nSPS) is 24.9. The molecule has 1 aliphatic carbocycles. The van der Waals surface area contributed by atoms with Gasteiger partial charge in [0.1, 0.15) is 29.8 Å². The Morgan fingerprint density at radius 3 is 2.20 bits per heavy atom. The summed E-state index contributed by atoms with van der Waals surface area (Å²) in [5.74, 6) is 0.926. The summed E-state index contributed by atoms with van der Waals surface area (Å²) < 4.78 is 6.25. The maximum atomic E-state index is 13.4. The third-order valence-corrected chi connectivity index (χ3v) is 14.1. The molecule has 1 saturated carbocycles. The lowest BCUT2D eigenvalue weighted by atomic mass is 9.89. The highest BCUT2D eigenvalue weighted by atomic mass is 16.5. The van der Waals surface area contributed by atoms with Gasteiger partial charge >= 0.3 is 0 Å². The van der Waals surface area contributed by atoms with E-state index in [1.165, 1.54) is 38.2 Å². The number of benzene rings is 2. The van der Waals surface area contributed by atoms with Crippen molar-refractivity contribution in [3.05, 3.63) is 65.0 Å². The molecule has 5 fully saturated rings. The molecular weight excluding hydrogens is 747 g/mol. The molecule has 7 heterocycles. The number of ether oxygens (including phenoxy) is 1. The number of carbonyl (C=O) groups is 4. The molecule has 3 aromatic rings. The average molecular weight is 802 g/mol. The van der Waals surface area contributed by atoms with Crippen molar-refractivity contribution in [3.8, 4) is 5.75 Å². The third kappa shape index (κ3) is 7.77. The van der Waals surface area contributed by atoms with E-state index in [-0.39, 0.29) is 24.3 Å². The van der Waals surface area contributed by atoms with Crippen molar-refractivity contribution in [3.63, 3.8) is 0 Å². The summed E-state index contributed by atoms with van der Waals surface area (Å²) >= 11 is 0. The van der Waals surface area contributed by atoms with E-state index in [1.54, 1.807) is 6.07 Å². The van der Waals surface area contributed by atoms with Crippen molar-refractivity contribution in [2.75, 3.05) is 63.9 Å². The maximum absolute atomic E-state index is 13.4. The van der Waals surface area contributed by atoms with Crippen molar-refractivity contribution < 1.29 is 23.9 Å². The number of H-pyrrole nitrogens is 1. The quantitative estimate of drug-likeness (QED) is 0.250. The second-order valence-corrected chi connectivity index (χ2v) is 18.2. The molecule has 1 unspecified atom stereocenters. The molecular formula is C45H55N9O5. The van der Waals surface area contributed by atoms with Gasteiger partial charge < -0.3 is 24.8 Å². The fraction of sp³-hybridized carbons (Fsp3) is 0.556. The van der Waals surface area contributed by atoms with E-state index in [1.807, 2.05) is 18.2 Å². The van der Waals surface area contributed by atoms with Crippen LogP contribution >= 0.6 is 0 Å². The Bertz CT molecular complexity index is 2220. The molecule has 0 radical (unpaired) electrons. The van der Waals surface area contributed by atoms with Gasteiger partial charge in [-0.25, -0.2) is 0 Å². The van der Waals surface area contributed by atoms with Crippen molar-refractivity contribution in [1.82, 2.24) is 35.5 Å². The number of imide groups is 2. The molecule has 0 spiro atoms. The summed E-state index contributed by atoms with van der Waals surface area (Å²) in [7, 11) is 0. The number of fused-ring (bicyclic) bond motifs is 2. The van der Waals surface area contributed by atoms with Crippen molar-refractivity contribution >= 4 is 45.9 Å². The first-order chi connectivity index (χ1) is 28.7. The zero-order valence-corrected chi connectivity index (χ0v) is 34.0. The van der Waals surface area contributed by atoms with Crippen LogP contribution in [0.25, 0.3) is 10.9 Å². The van der Waals surface area contributed by atoms with Gasteiger partial charge in [0.05, 0.1) is 22.4 Å². The highest BCUT2D eigenvalue weighted by Gasteiger charge is 2.45. The van der Waals surface area contributed by atoms with Gasteiger partial charge in [-0.3, -0.25) is 39.5 Å². The van der Waals surface area contributed by atoms with Crippen LogP contribution in [0.3, 0.4) is 0 Å². The molecule has 4 amide bonds. The van der Waals surface area contributed by atoms with Crippen molar-refractivity contribution in [2.24, 2.45) is 22.7 Å². The van der Waals surface area contributed by atoms with Crippen LogP contribution in [0.2, 0.25) is 0 Å². The number of aliphatic imine (C=N–C) groups is 1.